The van der Waals surface area contributed by atoms with Crippen LogP contribution in [0.25, 0.3) is 10.9 Å². The minimum absolute atomic E-state index is 0.359. The zero-order chi connectivity index (χ0) is 18.5. The van der Waals surface area contributed by atoms with Crippen molar-refractivity contribution in [2.45, 2.75) is 13.2 Å². The zero-order valence-electron chi connectivity index (χ0n) is 14.5. The second kappa shape index (κ2) is 8.06. The van der Waals surface area contributed by atoms with E-state index in [1.807, 2.05) is 72.8 Å². The molecule has 5 heteroatoms. The fraction of sp³-hybridized carbons (Fsp3) is 0.0909. The summed E-state index contributed by atoms with van der Waals surface area (Å²) in [5, 5.41) is 1.04. The molecule has 0 saturated carbocycles. The molecule has 0 spiro atoms. The summed E-state index contributed by atoms with van der Waals surface area (Å²) >= 11 is 6.30. The lowest BCUT2D eigenvalue weighted by molar-refractivity contribution is 0.292. The van der Waals surface area contributed by atoms with Gasteiger partial charge in [0, 0.05) is 12.1 Å². The van der Waals surface area contributed by atoms with E-state index < -0.39 is 0 Å². The van der Waals surface area contributed by atoms with Gasteiger partial charge in [0.1, 0.15) is 36.2 Å². The summed E-state index contributed by atoms with van der Waals surface area (Å²) in [6.45, 7) is 0.882. The Labute approximate surface area is 162 Å². The van der Waals surface area contributed by atoms with Crippen molar-refractivity contribution in [3.05, 3.63) is 95.4 Å². The lowest BCUT2D eigenvalue weighted by atomic mass is 10.2. The van der Waals surface area contributed by atoms with Crippen molar-refractivity contribution in [3.8, 4) is 11.5 Å². The quantitative estimate of drug-likeness (QED) is 0.420. The second-order valence-electron chi connectivity index (χ2n) is 6.03. The van der Waals surface area contributed by atoms with Gasteiger partial charge in [0.05, 0.1) is 10.9 Å². The maximum Gasteiger partial charge on any atom is 0.144 e. The van der Waals surface area contributed by atoms with Crippen LogP contribution < -0.4 is 9.47 Å². The van der Waals surface area contributed by atoms with Gasteiger partial charge in [-0.3, -0.25) is 0 Å². The summed E-state index contributed by atoms with van der Waals surface area (Å²) in [5.74, 6) is 1.27. The molecule has 0 unspecified atom stereocenters. The van der Waals surface area contributed by atoms with E-state index >= 15 is 0 Å². The maximum atomic E-state index is 6.30. The van der Waals surface area contributed by atoms with Gasteiger partial charge in [0.2, 0.25) is 0 Å². The summed E-state index contributed by atoms with van der Waals surface area (Å²) in [5.41, 5.74) is 2.84. The lowest BCUT2D eigenvalue weighted by Crippen LogP contribution is -2.00. The molecule has 0 radical (unpaired) electrons. The molecular weight excluding hydrogens is 360 g/mol. The standard InChI is InChI=1S/C22H17ClN2O2/c23-22-21-19(24-15-25-22)11-18(26-13-16-7-3-1-4-8-16)12-20(21)27-14-17-9-5-2-6-10-17/h1-12,15H,13-14H2. The average molecular weight is 377 g/mol. The molecule has 4 rings (SSSR count). The van der Waals surface area contributed by atoms with Crippen LogP contribution in [-0.4, -0.2) is 9.97 Å². The minimum Gasteiger partial charge on any atom is -0.489 e. The van der Waals surface area contributed by atoms with Gasteiger partial charge in [-0.05, 0) is 11.1 Å². The Balaban J connectivity index is 1.63. The van der Waals surface area contributed by atoms with Crippen molar-refractivity contribution in [2.75, 3.05) is 0 Å². The smallest absolute Gasteiger partial charge is 0.144 e. The summed E-state index contributed by atoms with van der Waals surface area (Å²) < 4.78 is 12.0. The van der Waals surface area contributed by atoms with Crippen LogP contribution in [0.1, 0.15) is 11.1 Å². The highest BCUT2D eigenvalue weighted by atomic mass is 35.5. The van der Waals surface area contributed by atoms with Crippen molar-refractivity contribution in [2.24, 2.45) is 0 Å². The monoisotopic (exact) mass is 376 g/mol. The first-order chi connectivity index (χ1) is 13.3. The van der Waals surface area contributed by atoms with E-state index in [1.54, 1.807) is 0 Å². The molecule has 134 valence electrons. The molecular formula is C22H17ClN2O2. The van der Waals surface area contributed by atoms with E-state index in [4.69, 9.17) is 21.1 Å². The Bertz CT molecular complexity index is 1040. The Morgan fingerprint density at radius 1 is 0.741 bits per heavy atom. The van der Waals surface area contributed by atoms with E-state index in [0.29, 0.717) is 40.8 Å². The number of aromatic nitrogens is 2. The Hall–Kier alpha value is -3.11. The molecule has 0 saturated heterocycles. The van der Waals surface area contributed by atoms with Crippen LogP contribution in [0.15, 0.2) is 79.1 Å². The van der Waals surface area contributed by atoms with Gasteiger partial charge in [0.25, 0.3) is 0 Å². The van der Waals surface area contributed by atoms with Gasteiger partial charge in [-0.15, -0.1) is 0 Å². The van der Waals surface area contributed by atoms with Crippen LogP contribution in [0.3, 0.4) is 0 Å². The van der Waals surface area contributed by atoms with Gasteiger partial charge < -0.3 is 9.47 Å². The normalized spacial score (nSPS) is 10.7. The van der Waals surface area contributed by atoms with E-state index in [9.17, 15) is 0 Å². The number of ether oxygens (including phenoxy) is 2. The first-order valence-electron chi connectivity index (χ1n) is 8.57. The predicted octanol–water partition coefficient (Wildman–Crippen LogP) is 5.44. The van der Waals surface area contributed by atoms with Crippen molar-refractivity contribution in [1.82, 2.24) is 9.97 Å². The molecule has 0 amide bonds. The van der Waals surface area contributed by atoms with Crippen LogP contribution in [0.5, 0.6) is 11.5 Å². The van der Waals surface area contributed by atoms with Gasteiger partial charge in [-0.1, -0.05) is 72.3 Å². The molecule has 1 heterocycles. The Morgan fingerprint density at radius 3 is 2.04 bits per heavy atom. The molecule has 4 aromatic rings. The van der Waals surface area contributed by atoms with Gasteiger partial charge in [-0.2, -0.15) is 0 Å². The van der Waals surface area contributed by atoms with E-state index in [-0.39, 0.29) is 0 Å². The molecule has 0 aliphatic rings. The molecule has 0 atom stereocenters. The highest BCUT2D eigenvalue weighted by Gasteiger charge is 2.12. The van der Waals surface area contributed by atoms with Crippen LogP contribution in [0, 0.1) is 0 Å². The summed E-state index contributed by atoms with van der Waals surface area (Å²) in [6.07, 6.45) is 1.44. The van der Waals surface area contributed by atoms with E-state index in [0.717, 1.165) is 11.1 Å². The number of rotatable bonds is 6. The Morgan fingerprint density at radius 2 is 1.37 bits per heavy atom. The second-order valence-corrected chi connectivity index (χ2v) is 6.39. The number of fused-ring (bicyclic) bond motifs is 1. The molecule has 0 aliphatic heterocycles. The molecule has 0 aliphatic carbocycles. The topological polar surface area (TPSA) is 44.2 Å². The fourth-order valence-corrected chi connectivity index (χ4v) is 3.00. The first kappa shape index (κ1) is 17.3. The average Bonchev–Trinajstić information content (AvgIpc) is 2.72. The van der Waals surface area contributed by atoms with Gasteiger partial charge in [0.15, 0.2) is 0 Å². The highest BCUT2D eigenvalue weighted by molar-refractivity contribution is 6.34. The maximum absolute atomic E-state index is 6.30. The third kappa shape index (κ3) is 4.18. The lowest BCUT2D eigenvalue weighted by Gasteiger charge is -2.13. The van der Waals surface area contributed by atoms with Crippen molar-refractivity contribution < 1.29 is 9.47 Å². The molecule has 4 nitrogen and oxygen atoms in total. The minimum atomic E-state index is 0.359. The third-order valence-corrected chi connectivity index (χ3v) is 4.40. The van der Waals surface area contributed by atoms with E-state index in [2.05, 4.69) is 9.97 Å². The van der Waals surface area contributed by atoms with Gasteiger partial charge in [-0.25, -0.2) is 9.97 Å². The molecule has 0 N–H and O–H groups in total. The van der Waals surface area contributed by atoms with Crippen LogP contribution in [-0.2, 0) is 13.2 Å². The predicted molar refractivity (Wildman–Crippen MR) is 106 cm³/mol. The molecule has 1 aromatic heterocycles. The zero-order valence-corrected chi connectivity index (χ0v) is 15.3. The summed E-state index contributed by atoms with van der Waals surface area (Å²) in [6, 6.07) is 23.6. The Kier molecular flexibility index (Phi) is 5.17. The number of nitrogens with zero attached hydrogens (tertiary/aromatic N) is 2. The first-order valence-corrected chi connectivity index (χ1v) is 8.95. The molecule has 0 fully saturated rings. The van der Waals surface area contributed by atoms with Gasteiger partial charge >= 0.3 is 0 Å². The molecule has 27 heavy (non-hydrogen) atoms. The summed E-state index contributed by atoms with van der Waals surface area (Å²) in [7, 11) is 0. The highest BCUT2D eigenvalue weighted by Crippen LogP contribution is 2.34. The van der Waals surface area contributed by atoms with Crippen molar-refractivity contribution in [3.63, 3.8) is 0 Å². The SMILES string of the molecule is Clc1ncnc2cc(OCc3ccccc3)cc(OCc3ccccc3)c12. The van der Waals surface area contributed by atoms with Crippen LogP contribution in [0.2, 0.25) is 5.15 Å². The molecule has 0 bridgehead atoms. The fourth-order valence-electron chi connectivity index (χ4n) is 2.77. The number of halogens is 1. The number of hydrogen-bond donors (Lipinski definition) is 0. The summed E-state index contributed by atoms with van der Waals surface area (Å²) in [4.78, 5) is 8.40. The van der Waals surface area contributed by atoms with Crippen molar-refractivity contribution in [1.29, 1.82) is 0 Å². The number of benzene rings is 3. The van der Waals surface area contributed by atoms with E-state index in [1.165, 1.54) is 6.33 Å². The number of hydrogen-bond acceptors (Lipinski definition) is 4. The molecule has 3 aromatic carbocycles. The largest absolute Gasteiger partial charge is 0.489 e. The van der Waals surface area contributed by atoms with Crippen LogP contribution >= 0.6 is 11.6 Å². The van der Waals surface area contributed by atoms with Crippen molar-refractivity contribution >= 4 is 22.5 Å². The third-order valence-electron chi connectivity index (χ3n) is 4.11. The van der Waals surface area contributed by atoms with Crippen LogP contribution in [0.4, 0.5) is 0 Å².